The first-order valence-electron chi connectivity index (χ1n) is 8.66. The van der Waals surface area contributed by atoms with Crippen LogP contribution in [0.4, 0.5) is 0 Å². The summed E-state index contributed by atoms with van der Waals surface area (Å²) in [5.74, 6) is 0.604. The number of aromatic nitrogens is 2. The Kier molecular flexibility index (Phi) is 3.76. The SMILES string of the molecule is C[C@H]1C(C(=O)N2C[C@@H](O)[C@@H](NC(=O)c3ncn4ccccc34)C2)[C@@H]1C. The van der Waals surface area contributed by atoms with Gasteiger partial charge in [-0.05, 0) is 24.0 Å². The molecule has 2 aromatic heterocycles. The van der Waals surface area contributed by atoms with Crippen molar-refractivity contribution in [1.29, 1.82) is 0 Å². The summed E-state index contributed by atoms with van der Waals surface area (Å²) in [5.41, 5.74) is 1.03. The van der Waals surface area contributed by atoms with Crippen LogP contribution in [0.25, 0.3) is 5.52 Å². The number of fused-ring (bicyclic) bond motifs is 1. The number of rotatable bonds is 3. The van der Waals surface area contributed by atoms with Crippen molar-refractivity contribution in [3.63, 3.8) is 0 Å². The third kappa shape index (κ3) is 2.68. The van der Waals surface area contributed by atoms with E-state index in [1.165, 1.54) is 0 Å². The molecule has 0 spiro atoms. The lowest BCUT2D eigenvalue weighted by molar-refractivity contribution is -0.132. The van der Waals surface area contributed by atoms with E-state index in [0.29, 0.717) is 29.6 Å². The van der Waals surface area contributed by atoms with Crippen LogP contribution in [-0.2, 0) is 4.79 Å². The molecule has 7 nitrogen and oxygen atoms in total. The van der Waals surface area contributed by atoms with E-state index in [4.69, 9.17) is 0 Å². The second kappa shape index (κ2) is 5.84. The fraction of sp³-hybridized carbons (Fsp3) is 0.500. The summed E-state index contributed by atoms with van der Waals surface area (Å²) in [6.07, 6.45) is 2.65. The number of aliphatic hydroxyl groups excluding tert-OH is 1. The van der Waals surface area contributed by atoms with Crippen molar-refractivity contribution >= 4 is 17.3 Å². The molecule has 2 amide bonds. The van der Waals surface area contributed by atoms with Crippen LogP contribution in [0.15, 0.2) is 30.7 Å². The first-order valence-corrected chi connectivity index (χ1v) is 8.66. The lowest BCUT2D eigenvalue weighted by Gasteiger charge is -2.16. The van der Waals surface area contributed by atoms with Crippen molar-refractivity contribution in [1.82, 2.24) is 19.6 Å². The zero-order chi connectivity index (χ0) is 17.7. The molecule has 4 atom stereocenters. The maximum Gasteiger partial charge on any atom is 0.272 e. The maximum absolute atomic E-state index is 12.5. The maximum atomic E-state index is 12.5. The summed E-state index contributed by atoms with van der Waals surface area (Å²) >= 11 is 0. The highest BCUT2D eigenvalue weighted by Crippen LogP contribution is 2.46. The van der Waals surface area contributed by atoms with Crippen molar-refractivity contribution in [3.8, 4) is 0 Å². The largest absolute Gasteiger partial charge is 0.389 e. The van der Waals surface area contributed by atoms with E-state index in [1.807, 2.05) is 24.4 Å². The molecule has 1 aliphatic carbocycles. The molecule has 0 radical (unpaired) electrons. The van der Waals surface area contributed by atoms with Crippen molar-refractivity contribution in [2.45, 2.75) is 26.0 Å². The molecule has 1 aliphatic heterocycles. The van der Waals surface area contributed by atoms with Crippen LogP contribution in [0, 0.1) is 17.8 Å². The minimum Gasteiger partial charge on any atom is -0.389 e. The minimum atomic E-state index is -0.758. The Hall–Kier alpha value is -2.41. The molecule has 1 saturated heterocycles. The summed E-state index contributed by atoms with van der Waals surface area (Å²) in [4.78, 5) is 30.9. The van der Waals surface area contributed by atoms with Gasteiger partial charge in [-0.3, -0.25) is 9.59 Å². The molecule has 7 heteroatoms. The van der Waals surface area contributed by atoms with Gasteiger partial charge in [-0.25, -0.2) is 4.98 Å². The van der Waals surface area contributed by atoms with E-state index < -0.39 is 12.1 Å². The number of amides is 2. The molecule has 25 heavy (non-hydrogen) atoms. The molecule has 2 aliphatic rings. The molecule has 4 rings (SSSR count). The molecular weight excluding hydrogens is 320 g/mol. The molecule has 0 bridgehead atoms. The van der Waals surface area contributed by atoms with Gasteiger partial charge >= 0.3 is 0 Å². The molecular formula is C18H22N4O3. The predicted molar refractivity (Wildman–Crippen MR) is 90.9 cm³/mol. The first-order chi connectivity index (χ1) is 12.0. The monoisotopic (exact) mass is 342 g/mol. The fourth-order valence-electron chi connectivity index (χ4n) is 3.79. The van der Waals surface area contributed by atoms with E-state index in [-0.39, 0.29) is 24.3 Å². The van der Waals surface area contributed by atoms with Gasteiger partial charge in [0.1, 0.15) is 6.33 Å². The Morgan fingerprint density at radius 3 is 2.72 bits per heavy atom. The molecule has 2 aromatic rings. The van der Waals surface area contributed by atoms with Gasteiger partial charge in [0.15, 0.2) is 5.69 Å². The van der Waals surface area contributed by atoms with E-state index >= 15 is 0 Å². The summed E-state index contributed by atoms with van der Waals surface area (Å²) in [7, 11) is 0. The van der Waals surface area contributed by atoms with Gasteiger partial charge < -0.3 is 19.7 Å². The van der Waals surface area contributed by atoms with Gasteiger partial charge in [-0.1, -0.05) is 19.9 Å². The zero-order valence-corrected chi connectivity index (χ0v) is 14.3. The molecule has 0 aromatic carbocycles. The van der Waals surface area contributed by atoms with E-state index in [9.17, 15) is 14.7 Å². The third-order valence-electron chi connectivity index (χ3n) is 5.68. The number of aliphatic hydroxyl groups is 1. The number of pyridine rings is 1. The number of β-amino-alcohol motifs (C(OH)–C–C–N with tert-alkyl or cyclic N) is 1. The van der Waals surface area contributed by atoms with Crippen LogP contribution in [-0.4, -0.2) is 56.4 Å². The van der Waals surface area contributed by atoms with Crippen LogP contribution in [0.3, 0.4) is 0 Å². The highest BCUT2D eigenvalue weighted by molar-refractivity contribution is 5.99. The van der Waals surface area contributed by atoms with Crippen molar-refractivity contribution in [2.24, 2.45) is 17.8 Å². The van der Waals surface area contributed by atoms with E-state index in [1.54, 1.807) is 15.6 Å². The van der Waals surface area contributed by atoms with Crippen LogP contribution < -0.4 is 5.32 Å². The van der Waals surface area contributed by atoms with Gasteiger partial charge in [0.2, 0.25) is 5.91 Å². The van der Waals surface area contributed by atoms with Crippen LogP contribution >= 0.6 is 0 Å². The van der Waals surface area contributed by atoms with Gasteiger partial charge in [-0.2, -0.15) is 0 Å². The topological polar surface area (TPSA) is 86.9 Å². The summed E-state index contributed by atoms with van der Waals surface area (Å²) in [6.45, 7) is 4.75. The average Bonchev–Trinajstić information content (AvgIpc) is 2.96. The standard InChI is InChI=1S/C18H22N4O3/c1-10-11(2)15(10)18(25)22-7-12(14(23)8-22)20-17(24)16-13-5-3-4-6-21(13)9-19-16/h3-6,9-12,14-15,23H,7-8H2,1-2H3,(H,20,24)/t10-,11-,12+,14-/m1/s1. The first kappa shape index (κ1) is 16.1. The molecule has 2 N–H and O–H groups in total. The number of hydrogen-bond acceptors (Lipinski definition) is 4. The minimum absolute atomic E-state index is 0.0544. The number of carbonyl (C=O) groups excluding carboxylic acids is 2. The van der Waals surface area contributed by atoms with Crippen LogP contribution in [0.2, 0.25) is 0 Å². The lowest BCUT2D eigenvalue weighted by Crippen LogP contribution is -2.43. The zero-order valence-electron chi connectivity index (χ0n) is 14.3. The van der Waals surface area contributed by atoms with Crippen LogP contribution in [0.5, 0.6) is 0 Å². The summed E-state index contributed by atoms with van der Waals surface area (Å²) in [5, 5.41) is 13.1. The highest BCUT2D eigenvalue weighted by Gasteiger charge is 2.51. The molecule has 3 heterocycles. The molecule has 1 saturated carbocycles. The van der Waals surface area contributed by atoms with Crippen molar-refractivity contribution < 1.29 is 14.7 Å². The van der Waals surface area contributed by atoms with Gasteiger partial charge in [-0.15, -0.1) is 0 Å². The van der Waals surface area contributed by atoms with Gasteiger partial charge in [0.05, 0.1) is 17.7 Å². The second-order valence-electron chi connectivity index (χ2n) is 7.22. The number of nitrogens with one attached hydrogen (secondary N) is 1. The van der Waals surface area contributed by atoms with Crippen molar-refractivity contribution in [2.75, 3.05) is 13.1 Å². The number of likely N-dealkylation sites (tertiary alicyclic amines) is 1. The smallest absolute Gasteiger partial charge is 0.272 e. The molecule has 2 fully saturated rings. The predicted octanol–water partition coefficient (Wildman–Crippen LogP) is 0.538. The van der Waals surface area contributed by atoms with Crippen molar-refractivity contribution in [3.05, 3.63) is 36.4 Å². The van der Waals surface area contributed by atoms with Gasteiger partial charge in [0, 0.05) is 25.2 Å². The summed E-state index contributed by atoms with van der Waals surface area (Å²) in [6, 6.07) is 5.05. The van der Waals surface area contributed by atoms with Crippen LogP contribution in [0.1, 0.15) is 24.3 Å². The van der Waals surface area contributed by atoms with E-state index in [0.717, 1.165) is 0 Å². The van der Waals surface area contributed by atoms with Gasteiger partial charge in [0.25, 0.3) is 5.91 Å². The van der Waals surface area contributed by atoms with E-state index in [2.05, 4.69) is 24.1 Å². The fourth-order valence-corrected chi connectivity index (χ4v) is 3.79. The number of nitrogens with zero attached hydrogens (tertiary/aromatic N) is 3. The molecule has 0 unspecified atom stereocenters. The quantitative estimate of drug-likeness (QED) is 0.852. The Balaban J connectivity index is 1.44. The highest BCUT2D eigenvalue weighted by atomic mass is 16.3. The Labute approximate surface area is 145 Å². The normalized spacial score (nSPS) is 31.3. The number of carbonyl (C=O) groups is 2. The lowest BCUT2D eigenvalue weighted by atomic mass is 10.2. The second-order valence-corrected chi connectivity index (χ2v) is 7.22. The molecule has 132 valence electrons. The Bertz CT molecular complexity index is 825. The number of hydrogen-bond donors (Lipinski definition) is 2. The Morgan fingerprint density at radius 1 is 1.24 bits per heavy atom. The third-order valence-corrected chi connectivity index (χ3v) is 5.68. The average molecular weight is 342 g/mol. The number of imidazole rings is 1. The Morgan fingerprint density at radius 2 is 2.00 bits per heavy atom. The summed E-state index contributed by atoms with van der Waals surface area (Å²) < 4.78 is 1.77.